The van der Waals surface area contributed by atoms with Crippen molar-refractivity contribution in [1.29, 1.82) is 0 Å². The van der Waals surface area contributed by atoms with E-state index in [0.717, 1.165) is 17.7 Å². The molecule has 86 valence electrons. The minimum atomic E-state index is -0.0360. The standard InChI is InChI=1S/C15H15NO/c16-13-10-12-8-4-5-9-14(12)17-15(13)11-6-2-1-3-7-11/h1-9,13,15H,10,16H2/t13-,15-/m0/s1. The predicted octanol–water partition coefficient (Wildman–Crippen LogP) is 2.69. The first kappa shape index (κ1) is 10.4. The summed E-state index contributed by atoms with van der Waals surface area (Å²) in [4.78, 5) is 0. The Bertz CT molecular complexity index is 509. The van der Waals surface area contributed by atoms with Crippen molar-refractivity contribution in [2.75, 3.05) is 0 Å². The number of hydrogen-bond acceptors (Lipinski definition) is 2. The van der Waals surface area contributed by atoms with E-state index in [-0.39, 0.29) is 12.1 Å². The molecule has 0 amide bonds. The molecule has 2 atom stereocenters. The van der Waals surface area contributed by atoms with E-state index in [0.29, 0.717) is 0 Å². The van der Waals surface area contributed by atoms with Crippen LogP contribution in [0.2, 0.25) is 0 Å². The Morgan fingerprint density at radius 1 is 0.941 bits per heavy atom. The lowest BCUT2D eigenvalue weighted by molar-refractivity contribution is 0.153. The number of benzene rings is 2. The van der Waals surface area contributed by atoms with Crippen molar-refractivity contribution in [3.8, 4) is 5.75 Å². The number of fused-ring (bicyclic) bond motifs is 1. The molecular weight excluding hydrogens is 210 g/mol. The highest BCUT2D eigenvalue weighted by atomic mass is 16.5. The van der Waals surface area contributed by atoms with Crippen LogP contribution in [0.15, 0.2) is 54.6 Å². The molecule has 0 saturated heterocycles. The molecule has 0 spiro atoms. The van der Waals surface area contributed by atoms with Gasteiger partial charge >= 0.3 is 0 Å². The summed E-state index contributed by atoms with van der Waals surface area (Å²) in [5, 5.41) is 0. The number of rotatable bonds is 1. The topological polar surface area (TPSA) is 35.2 Å². The lowest BCUT2D eigenvalue weighted by atomic mass is 9.93. The van der Waals surface area contributed by atoms with Gasteiger partial charge in [0.25, 0.3) is 0 Å². The molecule has 0 unspecified atom stereocenters. The Morgan fingerprint density at radius 3 is 2.47 bits per heavy atom. The van der Waals surface area contributed by atoms with Gasteiger partial charge in [-0.05, 0) is 23.6 Å². The van der Waals surface area contributed by atoms with Crippen LogP contribution in [0, 0.1) is 0 Å². The fraction of sp³-hybridized carbons (Fsp3) is 0.200. The number of ether oxygens (including phenoxy) is 1. The monoisotopic (exact) mass is 225 g/mol. The number of para-hydroxylation sites is 1. The van der Waals surface area contributed by atoms with Crippen LogP contribution >= 0.6 is 0 Å². The second-order valence-electron chi connectivity index (χ2n) is 4.42. The van der Waals surface area contributed by atoms with Crippen molar-refractivity contribution in [3.63, 3.8) is 0 Å². The Kier molecular flexibility index (Phi) is 2.57. The molecule has 0 aromatic heterocycles. The largest absolute Gasteiger partial charge is 0.484 e. The summed E-state index contributed by atoms with van der Waals surface area (Å²) in [6.07, 6.45) is 0.835. The predicted molar refractivity (Wildman–Crippen MR) is 67.9 cm³/mol. The van der Waals surface area contributed by atoms with E-state index in [1.54, 1.807) is 0 Å². The van der Waals surface area contributed by atoms with E-state index in [4.69, 9.17) is 10.5 Å². The van der Waals surface area contributed by atoms with Gasteiger partial charge in [0.05, 0.1) is 6.04 Å². The second kappa shape index (κ2) is 4.22. The molecule has 1 aliphatic heterocycles. The van der Waals surface area contributed by atoms with Gasteiger partial charge in [-0.15, -0.1) is 0 Å². The second-order valence-corrected chi connectivity index (χ2v) is 4.42. The third kappa shape index (κ3) is 1.92. The quantitative estimate of drug-likeness (QED) is 0.809. The average molecular weight is 225 g/mol. The number of nitrogens with two attached hydrogens (primary N) is 1. The van der Waals surface area contributed by atoms with Crippen molar-refractivity contribution >= 4 is 0 Å². The van der Waals surface area contributed by atoms with Gasteiger partial charge in [0.1, 0.15) is 11.9 Å². The highest BCUT2D eigenvalue weighted by molar-refractivity contribution is 5.38. The molecule has 0 aliphatic carbocycles. The molecule has 2 aromatic carbocycles. The summed E-state index contributed by atoms with van der Waals surface area (Å²) < 4.78 is 6.01. The maximum absolute atomic E-state index is 6.20. The van der Waals surface area contributed by atoms with Crippen molar-refractivity contribution in [3.05, 3.63) is 65.7 Å². The smallest absolute Gasteiger partial charge is 0.139 e. The number of hydrogen-bond donors (Lipinski definition) is 1. The Labute approximate surface area is 101 Å². The van der Waals surface area contributed by atoms with Gasteiger partial charge in [-0.25, -0.2) is 0 Å². The maximum Gasteiger partial charge on any atom is 0.139 e. The molecule has 2 heteroatoms. The lowest BCUT2D eigenvalue weighted by Crippen LogP contribution is -2.37. The van der Waals surface area contributed by atoms with Gasteiger partial charge in [0.2, 0.25) is 0 Å². The van der Waals surface area contributed by atoms with Gasteiger partial charge in [-0.1, -0.05) is 48.5 Å². The molecule has 1 aliphatic rings. The van der Waals surface area contributed by atoms with Crippen LogP contribution in [0.3, 0.4) is 0 Å². The molecule has 0 fully saturated rings. The SMILES string of the molecule is N[C@H]1Cc2ccccc2O[C@H]1c1ccccc1. The minimum absolute atomic E-state index is 0.0206. The van der Waals surface area contributed by atoms with Crippen molar-refractivity contribution in [2.45, 2.75) is 18.6 Å². The summed E-state index contributed by atoms with van der Waals surface area (Å²) in [5.74, 6) is 0.961. The van der Waals surface area contributed by atoms with Crippen LogP contribution in [0.5, 0.6) is 5.75 Å². The summed E-state index contributed by atoms with van der Waals surface area (Å²) in [6.45, 7) is 0. The first-order valence-corrected chi connectivity index (χ1v) is 5.90. The Morgan fingerprint density at radius 2 is 1.65 bits per heavy atom. The van der Waals surface area contributed by atoms with Crippen LogP contribution in [0.25, 0.3) is 0 Å². The molecule has 3 rings (SSSR count). The van der Waals surface area contributed by atoms with Crippen LogP contribution in [-0.4, -0.2) is 6.04 Å². The fourth-order valence-corrected chi connectivity index (χ4v) is 2.33. The molecule has 0 saturated carbocycles. The highest BCUT2D eigenvalue weighted by Crippen LogP contribution is 2.33. The maximum atomic E-state index is 6.20. The molecule has 1 heterocycles. The molecule has 0 bridgehead atoms. The van der Waals surface area contributed by atoms with E-state index in [9.17, 15) is 0 Å². The third-order valence-corrected chi connectivity index (χ3v) is 3.20. The molecule has 2 nitrogen and oxygen atoms in total. The van der Waals surface area contributed by atoms with E-state index >= 15 is 0 Å². The van der Waals surface area contributed by atoms with Gasteiger partial charge in [0.15, 0.2) is 0 Å². The molecule has 2 N–H and O–H groups in total. The molecule has 0 radical (unpaired) electrons. The molecule has 2 aromatic rings. The van der Waals surface area contributed by atoms with E-state index in [1.165, 1.54) is 5.56 Å². The Balaban J connectivity index is 1.95. The normalized spacial score (nSPS) is 22.6. The van der Waals surface area contributed by atoms with Crippen LogP contribution < -0.4 is 10.5 Å². The van der Waals surface area contributed by atoms with E-state index < -0.39 is 0 Å². The zero-order valence-electron chi connectivity index (χ0n) is 9.54. The minimum Gasteiger partial charge on any atom is -0.484 e. The molecule has 17 heavy (non-hydrogen) atoms. The van der Waals surface area contributed by atoms with E-state index in [1.807, 2.05) is 36.4 Å². The first-order chi connectivity index (χ1) is 8.34. The summed E-state index contributed by atoms with van der Waals surface area (Å²) in [6, 6.07) is 18.3. The van der Waals surface area contributed by atoms with Gasteiger partial charge in [-0.3, -0.25) is 0 Å². The van der Waals surface area contributed by atoms with Crippen molar-refractivity contribution < 1.29 is 4.74 Å². The third-order valence-electron chi connectivity index (χ3n) is 3.20. The van der Waals surface area contributed by atoms with Crippen molar-refractivity contribution in [1.82, 2.24) is 0 Å². The van der Waals surface area contributed by atoms with E-state index in [2.05, 4.69) is 18.2 Å². The van der Waals surface area contributed by atoms with Crippen LogP contribution in [-0.2, 0) is 6.42 Å². The van der Waals surface area contributed by atoms with Crippen LogP contribution in [0.4, 0.5) is 0 Å². The highest BCUT2D eigenvalue weighted by Gasteiger charge is 2.27. The Hall–Kier alpha value is -1.80. The zero-order valence-corrected chi connectivity index (χ0v) is 9.54. The summed E-state index contributed by atoms with van der Waals surface area (Å²) in [7, 11) is 0. The molecular formula is C15H15NO. The summed E-state index contributed by atoms with van der Waals surface area (Å²) >= 11 is 0. The average Bonchev–Trinajstić information content (AvgIpc) is 2.39. The first-order valence-electron chi connectivity index (χ1n) is 5.90. The van der Waals surface area contributed by atoms with Gasteiger partial charge < -0.3 is 10.5 Å². The summed E-state index contributed by atoms with van der Waals surface area (Å²) in [5.41, 5.74) is 8.55. The van der Waals surface area contributed by atoms with Gasteiger partial charge in [-0.2, -0.15) is 0 Å². The fourth-order valence-electron chi connectivity index (χ4n) is 2.33. The van der Waals surface area contributed by atoms with Gasteiger partial charge in [0, 0.05) is 0 Å². The van der Waals surface area contributed by atoms with Crippen molar-refractivity contribution in [2.24, 2.45) is 5.73 Å². The zero-order chi connectivity index (χ0) is 11.7. The van der Waals surface area contributed by atoms with Crippen LogP contribution in [0.1, 0.15) is 17.2 Å². The lowest BCUT2D eigenvalue weighted by Gasteiger charge is -2.31.